The summed E-state index contributed by atoms with van der Waals surface area (Å²) in [5.41, 5.74) is 6.10. The van der Waals surface area contributed by atoms with Crippen LogP contribution >= 0.6 is 0 Å². The topological polar surface area (TPSA) is 84.6 Å². The van der Waals surface area contributed by atoms with E-state index in [1.54, 1.807) is 0 Å². The third-order valence-electron chi connectivity index (χ3n) is 3.60. The van der Waals surface area contributed by atoms with E-state index >= 15 is 0 Å². The number of rotatable bonds is 6. The highest BCUT2D eigenvalue weighted by molar-refractivity contribution is 5.81. The number of ether oxygens (including phenoxy) is 1. The highest BCUT2D eigenvalue weighted by atomic mass is 16.5. The number of amides is 1. The van der Waals surface area contributed by atoms with Crippen LogP contribution in [0.15, 0.2) is 30.3 Å². The number of aryl methyl sites for hydroxylation is 1. The maximum Gasteiger partial charge on any atom is 0.237 e. The second kappa shape index (κ2) is 6.83. The van der Waals surface area contributed by atoms with Gasteiger partial charge in [0, 0.05) is 19.6 Å². The fourth-order valence-corrected chi connectivity index (χ4v) is 2.22. The number of carbonyl (C=O) groups is 1. The quantitative estimate of drug-likeness (QED) is 0.694. The first-order chi connectivity index (χ1) is 9.59. The van der Waals surface area contributed by atoms with E-state index in [2.05, 4.69) is 5.32 Å². The monoisotopic (exact) mass is 278 g/mol. The number of hydrogen-bond acceptors (Lipinski definition) is 4. The third kappa shape index (κ3) is 4.30. The van der Waals surface area contributed by atoms with Gasteiger partial charge in [-0.1, -0.05) is 30.3 Å². The van der Waals surface area contributed by atoms with Gasteiger partial charge in [0.1, 0.15) is 5.60 Å². The van der Waals surface area contributed by atoms with Crippen molar-refractivity contribution >= 4 is 5.91 Å². The van der Waals surface area contributed by atoms with E-state index in [4.69, 9.17) is 10.5 Å². The minimum absolute atomic E-state index is 0.199. The van der Waals surface area contributed by atoms with Crippen molar-refractivity contribution in [3.05, 3.63) is 35.9 Å². The zero-order valence-electron chi connectivity index (χ0n) is 11.5. The first-order valence-corrected chi connectivity index (χ1v) is 6.96. The maximum absolute atomic E-state index is 11.9. The average Bonchev–Trinajstić information content (AvgIpc) is 2.90. The van der Waals surface area contributed by atoms with Crippen molar-refractivity contribution in [3.8, 4) is 0 Å². The predicted octanol–water partition coefficient (Wildman–Crippen LogP) is 0.214. The Labute approximate surface area is 119 Å². The zero-order valence-corrected chi connectivity index (χ0v) is 11.5. The molecule has 4 N–H and O–H groups in total. The van der Waals surface area contributed by atoms with Gasteiger partial charge < -0.3 is 20.9 Å². The molecule has 2 atom stereocenters. The molecule has 0 radical (unpaired) electrons. The summed E-state index contributed by atoms with van der Waals surface area (Å²) in [4.78, 5) is 11.9. The molecule has 110 valence electrons. The molecule has 5 nitrogen and oxygen atoms in total. The Bertz CT molecular complexity index is 430. The molecule has 5 heteroatoms. The van der Waals surface area contributed by atoms with Crippen LogP contribution in [-0.4, -0.2) is 42.4 Å². The van der Waals surface area contributed by atoms with E-state index < -0.39 is 11.6 Å². The summed E-state index contributed by atoms with van der Waals surface area (Å²) in [5.74, 6) is -0.221. The Morgan fingerprint density at radius 1 is 1.45 bits per heavy atom. The van der Waals surface area contributed by atoms with Gasteiger partial charge in [0.2, 0.25) is 5.91 Å². The van der Waals surface area contributed by atoms with E-state index in [1.165, 1.54) is 5.56 Å². The third-order valence-corrected chi connectivity index (χ3v) is 3.60. The molecule has 1 amide bonds. The molecule has 2 unspecified atom stereocenters. The Kier molecular flexibility index (Phi) is 5.11. The Hall–Kier alpha value is -1.43. The van der Waals surface area contributed by atoms with Crippen molar-refractivity contribution in [3.63, 3.8) is 0 Å². The molecule has 1 saturated heterocycles. The maximum atomic E-state index is 11.9. The van der Waals surface area contributed by atoms with Gasteiger partial charge in [-0.2, -0.15) is 0 Å². The van der Waals surface area contributed by atoms with Crippen LogP contribution in [0.25, 0.3) is 0 Å². The van der Waals surface area contributed by atoms with Gasteiger partial charge in [0.25, 0.3) is 0 Å². The van der Waals surface area contributed by atoms with E-state index in [-0.39, 0.29) is 19.1 Å². The second-order valence-corrected chi connectivity index (χ2v) is 5.38. The SMILES string of the molecule is NC(CCc1ccccc1)C(=O)NCC1(O)CCOC1. The molecular weight excluding hydrogens is 256 g/mol. The van der Waals surface area contributed by atoms with Gasteiger partial charge in [-0.3, -0.25) is 4.79 Å². The van der Waals surface area contributed by atoms with Gasteiger partial charge in [0.05, 0.1) is 12.6 Å². The summed E-state index contributed by atoms with van der Waals surface area (Å²) in [6.45, 7) is 1.00. The highest BCUT2D eigenvalue weighted by Gasteiger charge is 2.32. The standard InChI is InChI=1S/C15H22N2O3/c16-13(7-6-12-4-2-1-3-5-12)14(18)17-10-15(19)8-9-20-11-15/h1-5,13,19H,6-11,16H2,(H,17,18). The minimum atomic E-state index is -0.936. The minimum Gasteiger partial charge on any atom is -0.386 e. The Morgan fingerprint density at radius 2 is 2.20 bits per heavy atom. The number of nitrogens with one attached hydrogen (secondary N) is 1. The van der Waals surface area contributed by atoms with Crippen LogP contribution in [0.1, 0.15) is 18.4 Å². The summed E-state index contributed by atoms with van der Waals surface area (Å²) >= 11 is 0. The molecule has 20 heavy (non-hydrogen) atoms. The molecule has 1 fully saturated rings. The first-order valence-electron chi connectivity index (χ1n) is 6.96. The van der Waals surface area contributed by atoms with E-state index in [0.29, 0.717) is 19.4 Å². The number of hydrogen-bond donors (Lipinski definition) is 3. The van der Waals surface area contributed by atoms with E-state index in [9.17, 15) is 9.90 Å². The van der Waals surface area contributed by atoms with Crippen LogP contribution in [0.5, 0.6) is 0 Å². The lowest BCUT2D eigenvalue weighted by Crippen LogP contribution is -2.48. The molecule has 1 aliphatic rings. The van der Waals surface area contributed by atoms with Gasteiger partial charge in [-0.25, -0.2) is 0 Å². The van der Waals surface area contributed by atoms with Crippen LogP contribution in [0.3, 0.4) is 0 Å². The van der Waals surface area contributed by atoms with Crippen LogP contribution < -0.4 is 11.1 Å². The summed E-state index contributed by atoms with van der Waals surface area (Å²) in [6.07, 6.45) is 1.90. The summed E-state index contributed by atoms with van der Waals surface area (Å²) in [7, 11) is 0. The van der Waals surface area contributed by atoms with Crippen molar-refractivity contribution in [2.24, 2.45) is 5.73 Å². The lowest BCUT2D eigenvalue weighted by atomic mass is 10.0. The summed E-state index contributed by atoms with van der Waals surface area (Å²) in [5, 5.41) is 12.8. The lowest BCUT2D eigenvalue weighted by molar-refractivity contribution is -0.123. The van der Waals surface area contributed by atoms with Crippen LogP contribution in [-0.2, 0) is 16.0 Å². The molecule has 0 aliphatic carbocycles. The molecule has 1 heterocycles. The van der Waals surface area contributed by atoms with Crippen molar-refractivity contribution in [2.75, 3.05) is 19.8 Å². The predicted molar refractivity (Wildman–Crippen MR) is 76.1 cm³/mol. The molecule has 0 saturated carbocycles. The van der Waals surface area contributed by atoms with Gasteiger partial charge in [0.15, 0.2) is 0 Å². The smallest absolute Gasteiger partial charge is 0.237 e. The second-order valence-electron chi connectivity index (χ2n) is 5.38. The van der Waals surface area contributed by atoms with Gasteiger partial charge >= 0.3 is 0 Å². The Morgan fingerprint density at radius 3 is 2.85 bits per heavy atom. The van der Waals surface area contributed by atoms with Crippen LogP contribution in [0.2, 0.25) is 0 Å². The molecule has 1 aliphatic heterocycles. The fourth-order valence-electron chi connectivity index (χ4n) is 2.22. The van der Waals surface area contributed by atoms with E-state index in [1.807, 2.05) is 30.3 Å². The van der Waals surface area contributed by atoms with Gasteiger partial charge in [-0.05, 0) is 18.4 Å². The lowest BCUT2D eigenvalue weighted by Gasteiger charge is -2.22. The number of aliphatic hydroxyl groups is 1. The summed E-state index contributed by atoms with van der Waals surface area (Å²) < 4.78 is 5.13. The largest absolute Gasteiger partial charge is 0.386 e. The molecule has 1 aromatic rings. The van der Waals surface area contributed by atoms with Gasteiger partial charge in [-0.15, -0.1) is 0 Å². The number of benzene rings is 1. The normalized spacial score (nSPS) is 23.5. The molecule has 0 bridgehead atoms. The molecule has 2 rings (SSSR count). The Balaban J connectivity index is 1.72. The first kappa shape index (κ1) is 15.0. The van der Waals surface area contributed by atoms with Crippen LogP contribution in [0, 0.1) is 0 Å². The van der Waals surface area contributed by atoms with E-state index in [0.717, 1.165) is 6.42 Å². The molecule has 0 spiro atoms. The highest BCUT2D eigenvalue weighted by Crippen LogP contribution is 2.16. The molecule has 0 aromatic heterocycles. The number of carbonyl (C=O) groups excluding carboxylic acids is 1. The van der Waals surface area contributed by atoms with Crippen molar-refractivity contribution in [1.82, 2.24) is 5.32 Å². The molecular formula is C15H22N2O3. The molecule has 1 aromatic carbocycles. The van der Waals surface area contributed by atoms with Crippen molar-refractivity contribution in [1.29, 1.82) is 0 Å². The number of nitrogens with two attached hydrogens (primary N) is 1. The zero-order chi connectivity index (χ0) is 14.4. The van der Waals surface area contributed by atoms with Crippen molar-refractivity contribution in [2.45, 2.75) is 30.9 Å². The fraction of sp³-hybridized carbons (Fsp3) is 0.533. The van der Waals surface area contributed by atoms with Crippen molar-refractivity contribution < 1.29 is 14.6 Å². The van der Waals surface area contributed by atoms with Crippen LogP contribution in [0.4, 0.5) is 0 Å². The summed E-state index contributed by atoms with van der Waals surface area (Å²) in [6, 6.07) is 9.38. The average molecular weight is 278 g/mol.